The predicted octanol–water partition coefficient (Wildman–Crippen LogP) is 1.53. The summed E-state index contributed by atoms with van der Waals surface area (Å²) in [4.78, 5) is 38.5. The molecule has 2 aromatic rings. The smallest absolute Gasteiger partial charge is 0.313 e. The van der Waals surface area contributed by atoms with E-state index in [9.17, 15) is 14.4 Å². The van der Waals surface area contributed by atoms with Gasteiger partial charge in [0.1, 0.15) is 5.69 Å². The molecule has 8 nitrogen and oxygen atoms in total. The quantitative estimate of drug-likeness (QED) is 0.566. The first-order valence-electron chi connectivity index (χ1n) is 8.42. The molecule has 2 heterocycles. The average molecular weight is 388 g/mol. The van der Waals surface area contributed by atoms with Crippen LogP contribution < -0.4 is 10.5 Å². The summed E-state index contributed by atoms with van der Waals surface area (Å²) in [5.41, 5.74) is 1.73. The summed E-state index contributed by atoms with van der Waals surface area (Å²) in [7, 11) is 0. The summed E-state index contributed by atoms with van der Waals surface area (Å²) in [6.45, 7) is 3.53. The normalized spacial score (nSPS) is 16.6. The number of hydrogen-bond donors (Lipinski definition) is 0. The van der Waals surface area contributed by atoms with Crippen LogP contribution in [-0.4, -0.2) is 39.4 Å². The minimum Gasteiger partial charge on any atom is -0.443 e. The Labute approximate surface area is 160 Å². The molecular formula is C18H20N4O4S. The van der Waals surface area contributed by atoms with Crippen molar-refractivity contribution in [2.75, 3.05) is 17.7 Å². The number of hydrogen-bond acceptors (Lipinski definition) is 7. The lowest BCUT2D eigenvalue weighted by molar-refractivity contribution is -0.152. The standard InChI is InChI=1S/C18H20N4O4S/c1-11-4-6-14(7-5-11)21-9-13(8-15(21)23)17(25)26-10-22-16(24)12(2)19-20-18(22)27-3/h4-7,13H,8-10H2,1-3H3/t13-/m1/s1. The van der Waals surface area contributed by atoms with Gasteiger partial charge in [0.2, 0.25) is 5.91 Å². The Morgan fingerprint density at radius 3 is 2.59 bits per heavy atom. The van der Waals surface area contributed by atoms with Crippen molar-refractivity contribution in [1.82, 2.24) is 14.8 Å². The van der Waals surface area contributed by atoms with Gasteiger partial charge in [-0.1, -0.05) is 29.5 Å². The number of esters is 1. The molecule has 0 spiro atoms. The molecule has 1 aliphatic rings. The van der Waals surface area contributed by atoms with Crippen molar-refractivity contribution in [3.63, 3.8) is 0 Å². The number of benzene rings is 1. The molecule has 1 aromatic carbocycles. The zero-order valence-corrected chi connectivity index (χ0v) is 16.2. The topological polar surface area (TPSA) is 94.4 Å². The molecule has 0 radical (unpaired) electrons. The van der Waals surface area contributed by atoms with Crippen LogP contribution in [0.4, 0.5) is 5.69 Å². The molecule has 1 aromatic heterocycles. The second-order valence-corrected chi connectivity index (χ2v) is 7.11. The highest BCUT2D eigenvalue weighted by Crippen LogP contribution is 2.26. The highest BCUT2D eigenvalue weighted by molar-refractivity contribution is 7.98. The van der Waals surface area contributed by atoms with Crippen LogP contribution in [0.3, 0.4) is 0 Å². The minimum absolute atomic E-state index is 0.0879. The number of amides is 1. The van der Waals surface area contributed by atoms with Gasteiger partial charge in [-0.2, -0.15) is 0 Å². The number of ether oxygens (including phenoxy) is 1. The van der Waals surface area contributed by atoms with Crippen molar-refractivity contribution >= 4 is 29.3 Å². The van der Waals surface area contributed by atoms with Crippen LogP contribution in [0.15, 0.2) is 34.2 Å². The molecule has 3 rings (SSSR count). The summed E-state index contributed by atoms with van der Waals surface area (Å²) in [5.74, 6) is -1.20. The van der Waals surface area contributed by atoms with Gasteiger partial charge >= 0.3 is 5.97 Å². The highest BCUT2D eigenvalue weighted by atomic mass is 32.2. The van der Waals surface area contributed by atoms with Crippen molar-refractivity contribution in [1.29, 1.82) is 0 Å². The number of aromatic nitrogens is 3. The Morgan fingerprint density at radius 1 is 1.22 bits per heavy atom. The minimum atomic E-state index is -0.567. The van der Waals surface area contributed by atoms with Crippen LogP contribution >= 0.6 is 11.8 Å². The van der Waals surface area contributed by atoms with Crippen molar-refractivity contribution in [2.45, 2.75) is 32.2 Å². The molecular weight excluding hydrogens is 368 g/mol. The molecule has 1 aliphatic heterocycles. The van der Waals surface area contributed by atoms with Gasteiger partial charge in [0, 0.05) is 18.7 Å². The average Bonchev–Trinajstić information content (AvgIpc) is 3.05. The van der Waals surface area contributed by atoms with Crippen molar-refractivity contribution in [3.05, 3.63) is 45.9 Å². The van der Waals surface area contributed by atoms with E-state index in [1.807, 2.05) is 31.2 Å². The fourth-order valence-electron chi connectivity index (χ4n) is 2.85. The first kappa shape index (κ1) is 19.1. The maximum Gasteiger partial charge on any atom is 0.313 e. The first-order chi connectivity index (χ1) is 12.9. The highest BCUT2D eigenvalue weighted by Gasteiger charge is 2.36. The van der Waals surface area contributed by atoms with Crippen LogP contribution in [0.5, 0.6) is 0 Å². The number of thioether (sulfide) groups is 1. The van der Waals surface area contributed by atoms with Crippen molar-refractivity contribution in [2.24, 2.45) is 5.92 Å². The van der Waals surface area contributed by atoms with Gasteiger partial charge in [0.15, 0.2) is 11.9 Å². The summed E-state index contributed by atoms with van der Waals surface area (Å²) < 4.78 is 6.57. The van der Waals surface area contributed by atoms with Crippen LogP contribution in [0.1, 0.15) is 17.7 Å². The zero-order chi connectivity index (χ0) is 19.6. The molecule has 0 bridgehead atoms. The van der Waals surface area contributed by atoms with E-state index in [2.05, 4.69) is 10.2 Å². The Hall–Kier alpha value is -2.68. The second-order valence-electron chi connectivity index (χ2n) is 6.34. The van der Waals surface area contributed by atoms with Crippen LogP contribution in [-0.2, 0) is 21.1 Å². The van der Waals surface area contributed by atoms with Crippen molar-refractivity contribution < 1.29 is 14.3 Å². The lowest BCUT2D eigenvalue weighted by Gasteiger charge is -2.17. The van der Waals surface area contributed by atoms with Crippen LogP contribution in [0, 0.1) is 19.8 Å². The van der Waals surface area contributed by atoms with E-state index in [1.54, 1.807) is 18.1 Å². The van der Waals surface area contributed by atoms with Gasteiger partial charge in [-0.15, -0.1) is 10.2 Å². The van der Waals surface area contributed by atoms with E-state index in [-0.39, 0.29) is 36.9 Å². The third-order valence-electron chi connectivity index (χ3n) is 4.39. The number of carbonyl (C=O) groups excluding carboxylic acids is 2. The van der Waals surface area contributed by atoms with Gasteiger partial charge in [-0.05, 0) is 32.2 Å². The molecule has 0 N–H and O–H groups in total. The van der Waals surface area contributed by atoms with Crippen LogP contribution in [0.25, 0.3) is 0 Å². The van der Waals surface area contributed by atoms with Gasteiger partial charge in [-0.3, -0.25) is 14.4 Å². The number of rotatable bonds is 5. The summed E-state index contributed by atoms with van der Waals surface area (Å²) in [6.07, 6.45) is 1.84. The largest absolute Gasteiger partial charge is 0.443 e. The number of aryl methyl sites for hydroxylation is 2. The Bertz CT molecular complexity index is 926. The molecule has 9 heteroatoms. The molecule has 27 heavy (non-hydrogen) atoms. The molecule has 0 unspecified atom stereocenters. The zero-order valence-electron chi connectivity index (χ0n) is 15.3. The number of anilines is 1. The molecule has 142 valence electrons. The molecule has 1 saturated heterocycles. The predicted molar refractivity (Wildman–Crippen MR) is 101 cm³/mol. The second kappa shape index (κ2) is 7.91. The maximum absolute atomic E-state index is 12.4. The van der Waals surface area contributed by atoms with E-state index >= 15 is 0 Å². The van der Waals surface area contributed by atoms with E-state index < -0.39 is 11.9 Å². The monoisotopic (exact) mass is 388 g/mol. The lowest BCUT2D eigenvalue weighted by Crippen LogP contribution is -2.30. The maximum atomic E-state index is 12.4. The van der Waals surface area contributed by atoms with Gasteiger partial charge in [0.25, 0.3) is 5.56 Å². The van der Waals surface area contributed by atoms with E-state index in [0.29, 0.717) is 5.16 Å². The first-order valence-corrected chi connectivity index (χ1v) is 9.65. The fourth-order valence-corrected chi connectivity index (χ4v) is 3.33. The molecule has 0 saturated carbocycles. The summed E-state index contributed by atoms with van der Waals surface area (Å²) in [5, 5.41) is 8.07. The van der Waals surface area contributed by atoms with Gasteiger partial charge in [-0.25, -0.2) is 4.57 Å². The lowest BCUT2D eigenvalue weighted by atomic mass is 10.1. The molecule has 1 atom stereocenters. The molecule has 1 fully saturated rings. The van der Waals surface area contributed by atoms with E-state index in [0.717, 1.165) is 11.3 Å². The third kappa shape index (κ3) is 4.02. The van der Waals surface area contributed by atoms with Gasteiger partial charge < -0.3 is 9.64 Å². The Balaban J connectivity index is 1.68. The molecule has 0 aliphatic carbocycles. The summed E-state index contributed by atoms with van der Waals surface area (Å²) in [6, 6.07) is 7.56. The summed E-state index contributed by atoms with van der Waals surface area (Å²) >= 11 is 1.24. The van der Waals surface area contributed by atoms with E-state index in [1.165, 1.54) is 16.3 Å². The number of carbonyl (C=O) groups is 2. The number of nitrogens with zero attached hydrogens (tertiary/aromatic N) is 4. The van der Waals surface area contributed by atoms with Crippen molar-refractivity contribution in [3.8, 4) is 0 Å². The Kier molecular flexibility index (Phi) is 5.59. The third-order valence-corrected chi connectivity index (χ3v) is 5.06. The van der Waals surface area contributed by atoms with E-state index in [4.69, 9.17) is 4.74 Å². The fraction of sp³-hybridized carbons (Fsp3) is 0.389. The Morgan fingerprint density at radius 2 is 1.93 bits per heavy atom. The van der Waals surface area contributed by atoms with Crippen LogP contribution in [0.2, 0.25) is 0 Å². The SMILES string of the molecule is CSc1nnc(C)c(=O)n1COC(=O)[C@@H]1CC(=O)N(c2ccc(C)cc2)C1. The molecule has 1 amide bonds. The van der Waals surface area contributed by atoms with Gasteiger partial charge in [0.05, 0.1) is 5.92 Å².